The van der Waals surface area contributed by atoms with E-state index in [9.17, 15) is 9.59 Å². The Morgan fingerprint density at radius 3 is 1.94 bits per heavy atom. The molecule has 172 valence electrons. The molecule has 0 heterocycles. The number of hydrogen-bond donors (Lipinski definition) is 1. The van der Waals surface area contributed by atoms with E-state index in [2.05, 4.69) is 19.2 Å². The molecule has 0 aliphatic rings. The summed E-state index contributed by atoms with van der Waals surface area (Å²) in [7, 11) is 0. The fourth-order valence-electron chi connectivity index (χ4n) is 3.74. The van der Waals surface area contributed by atoms with Crippen LogP contribution in [0.15, 0.2) is 84.9 Å². The van der Waals surface area contributed by atoms with E-state index in [-0.39, 0.29) is 18.2 Å². The number of rotatable bonds is 10. The van der Waals surface area contributed by atoms with Crippen LogP contribution >= 0.6 is 0 Å². The van der Waals surface area contributed by atoms with Crippen LogP contribution in [0.1, 0.15) is 36.1 Å². The SMILES string of the molecule is Cc1ccc(CN(C(=O)Cc2ccccc2)[C@H](Cc2ccccc2)C(=O)NCC(C)C)cc1. The smallest absolute Gasteiger partial charge is 0.243 e. The second-order valence-electron chi connectivity index (χ2n) is 9.01. The van der Waals surface area contributed by atoms with Crippen LogP contribution in [0.3, 0.4) is 0 Å². The lowest BCUT2D eigenvalue weighted by atomic mass is 10.0. The lowest BCUT2D eigenvalue weighted by molar-refractivity contribution is -0.140. The molecular weight excluding hydrogens is 408 g/mol. The summed E-state index contributed by atoms with van der Waals surface area (Å²) in [6, 6.07) is 27.2. The fourth-order valence-corrected chi connectivity index (χ4v) is 3.74. The number of nitrogens with zero attached hydrogens (tertiary/aromatic N) is 1. The fraction of sp³-hybridized carbons (Fsp3) is 0.310. The van der Waals surface area contributed by atoms with E-state index in [1.807, 2.05) is 91.9 Å². The first kappa shape index (κ1) is 24.2. The van der Waals surface area contributed by atoms with Crippen LogP contribution in [0, 0.1) is 12.8 Å². The van der Waals surface area contributed by atoms with Gasteiger partial charge in [0.1, 0.15) is 6.04 Å². The maximum atomic E-state index is 13.6. The molecule has 2 amide bonds. The Kier molecular flexibility index (Phi) is 8.82. The van der Waals surface area contributed by atoms with Crippen LogP contribution in [-0.2, 0) is 29.0 Å². The average molecular weight is 443 g/mol. The van der Waals surface area contributed by atoms with Gasteiger partial charge in [-0.25, -0.2) is 0 Å². The van der Waals surface area contributed by atoms with Gasteiger partial charge < -0.3 is 10.2 Å². The van der Waals surface area contributed by atoms with Gasteiger partial charge in [0.25, 0.3) is 0 Å². The van der Waals surface area contributed by atoms with E-state index >= 15 is 0 Å². The molecule has 0 bridgehead atoms. The Morgan fingerprint density at radius 2 is 1.36 bits per heavy atom. The lowest BCUT2D eigenvalue weighted by Gasteiger charge is -2.32. The molecule has 0 aliphatic heterocycles. The summed E-state index contributed by atoms with van der Waals surface area (Å²) in [6.45, 7) is 7.14. The molecule has 4 nitrogen and oxygen atoms in total. The van der Waals surface area contributed by atoms with Crippen molar-refractivity contribution in [2.75, 3.05) is 6.54 Å². The number of aryl methyl sites for hydroxylation is 1. The molecule has 3 aromatic rings. The third-order valence-electron chi connectivity index (χ3n) is 5.63. The molecule has 1 N–H and O–H groups in total. The van der Waals surface area contributed by atoms with Gasteiger partial charge in [-0.2, -0.15) is 0 Å². The molecule has 0 saturated heterocycles. The monoisotopic (exact) mass is 442 g/mol. The third-order valence-corrected chi connectivity index (χ3v) is 5.63. The van der Waals surface area contributed by atoms with Gasteiger partial charge in [0.05, 0.1) is 6.42 Å². The molecule has 0 spiro atoms. The Labute approximate surface area is 197 Å². The Hall–Kier alpha value is -3.40. The van der Waals surface area contributed by atoms with Gasteiger partial charge in [0.15, 0.2) is 0 Å². The zero-order chi connectivity index (χ0) is 23.6. The molecular formula is C29H34N2O2. The number of amides is 2. The Balaban J connectivity index is 1.93. The van der Waals surface area contributed by atoms with Gasteiger partial charge in [-0.05, 0) is 29.5 Å². The molecule has 3 rings (SSSR count). The van der Waals surface area contributed by atoms with E-state index in [1.165, 1.54) is 0 Å². The van der Waals surface area contributed by atoms with E-state index in [1.54, 1.807) is 4.90 Å². The molecule has 0 aliphatic carbocycles. The van der Waals surface area contributed by atoms with Gasteiger partial charge >= 0.3 is 0 Å². The zero-order valence-corrected chi connectivity index (χ0v) is 19.8. The first-order valence-electron chi connectivity index (χ1n) is 11.6. The van der Waals surface area contributed by atoms with Crippen LogP contribution in [0.25, 0.3) is 0 Å². The highest BCUT2D eigenvalue weighted by molar-refractivity contribution is 5.88. The molecule has 1 atom stereocenters. The molecule has 4 heteroatoms. The quantitative estimate of drug-likeness (QED) is 0.483. The van der Waals surface area contributed by atoms with Crippen molar-refractivity contribution >= 4 is 11.8 Å². The highest BCUT2D eigenvalue weighted by atomic mass is 16.2. The first-order chi connectivity index (χ1) is 15.9. The van der Waals surface area contributed by atoms with Crippen LogP contribution in [0.4, 0.5) is 0 Å². The number of benzene rings is 3. The maximum Gasteiger partial charge on any atom is 0.243 e. The van der Waals surface area contributed by atoms with Crippen LogP contribution < -0.4 is 5.32 Å². The van der Waals surface area contributed by atoms with Gasteiger partial charge in [0, 0.05) is 19.5 Å². The van der Waals surface area contributed by atoms with Gasteiger partial charge in [-0.1, -0.05) is 104 Å². The highest BCUT2D eigenvalue weighted by Gasteiger charge is 2.30. The summed E-state index contributed by atoms with van der Waals surface area (Å²) >= 11 is 0. The van der Waals surface area contributed by atoms with Crippen LogP contribution in [-0.4, -0.2) is 29.3 Å². The van der Waals surface area contributed by atoms with E-state index in [0.29, 0.717) is 25.4 Å². The molecule has 0 unspecified atom stereocenters. The van der Waals surface area contributed by atoms with Crippen molar-refractivity contribution in [1.82, 2.24) is 10.2 Å². The lowest BCUT2D eigenvalue weighted by Crippen LogP contribution is -2.51. The van der Waals surface area contributed by atoms with Crippen molar-refractivity contribution in [3.8, 4) is 0 Å². The number of nitrogens with one attached hydrogen (secondary N) is 1. The molecule has 3 aromatic carbocycles. The Morgan fingerprint density at radius 1 is 0.788 bits per heavy atom. The molecule has 0 aromatic heterocycles. The van der Waals surface area contributed by atoms with Crippen LogP contribution in [0.2, 0.25) is 0 Å². The number of hydrogen-bond acceptors (Lipinski definition) is 2. The second kappa shape index (κ2) is 12.0. The topological polar surface area (TPSA) is 49.4 Å². The van der Waals surface area contributed by atoms with Crippen molar-refractivity contribution in [1.29, 1.82) is 0 Å². The minimum Gasteiger partial charge on any atom is -0.354 e. The summed E-state index contributed by atoms with van der Waals surface area (Å²) in [4.78, 5) is 28.7. The molecule has 0 saturated carbocycles. The van der Waals surface area contributed by atoms with Gasteiger partial charge in [0.2, 0.25) is 11.8 Å². The summed E-state index contributed by atoms with van der Waals surface area (Å²) in [5, 5.41) is 3.06. The molecule has 33 heavy (non-hydrogen) atoms. The van der Waals surface area contributed by atoms with Crippen molar-refractivity contribution in [2.45, 2.75) is 46.2 Å². The number of carbonyl (C=O) groups is 2. The van der Waals surface area contributed by atoms with Crippen molar-refractivity contribution in [3.63, 3.8) is 0 Å². The molecule has 0 radical (unpaired) electrons. The van der Waals surface area contributed by atoms with Crippen molar-refractivity contribution < 1.29 is 9.59 Å². The minimum atomic E-state index is -0.594. The largest absolute Gasteiger partial charge is 0.354 e. The summed E-state index contributed by atoms with van der Waals surface area (Å²) in [6.07, 6.45) is 0.729. The average Bonchev–Trinajstić information content (AvgIpc) is 2.82. The second-order valence-corrected chi connectivity index (χ2v) is 9.01. The van der Waals surface area contributed by atoms with Gasteiger partial charge in [-0.15, -0.1) is 0 Å². The predicted molar refractivity (Wildman–Crippen MR) is 134 cm³/mol. The Bertz CT molecular complexity index is 1010. The van der Waals surface area contributed by atoms with E-state index in [4.69, 9.17) is 0 Å². The minimum absolute atomic E-state index is 0.0533. The molecule has 0 fully saturated rings. The van der Waals surface area contributed by atoms with Gasteiger partial charge in [-0.3, -0.25) is 9.59 Å². The van der Waals surface area contributed by atoms with Crippen LogP contribution in [0.5, 0.6) is 0 Å². The summed E-state index contributed by atoms with van der Waals surface area (Å²) < 4.78 is 0. The van der Waals surface area contributed by atoms with Crippen molar-refractivity contribution in [2.24, 2.45) is 5.92 Å². The number of carbonyl (C=O) groups excluding carboxylic acids is 2. The standard InChI is InChI=1S/C29H34N2O2/c1-22(2)20-30-29(33)27(18-24-10-6-4-7-11-24)31(21-26-16-14-23(3)15-17-26)28(32)19-25-12-8-5-9-13-25/h4-17,22,27H,18-21H2,1-3H3,(H,30,33)/t27-/m1/s1. The zero-order valence-electron chi connectivity index (χ0n) is 19.8. The highest BCUT2D eigenvalue weighted by Crippen LogP contribution is 2.17. The maximum absolute atomic E-state index is 13.6. The van der Waals surface area contributed by atoms with Crippen molar-refractivity contribution in [3.05, 3.63) is 107 Å². The summed E-state index contributed by atoms with van der Waals surface area (Å²) in [5.74, 6) is 0.167. The van der Waals surface area contributed by atoms with E-state index < -0.39 is 6.04 Å². The third kappa shape index (κ3) is 7.60. The normalized spacial score (nSPS) is 11.8. The van der Waals surface area contributed by atoms with E-state index in [0.717, 1.165) is 22.3 Å². The predicted octanol–water partition coefficient (Wildman–Crippen LogP) is 4.95. The first-order valence-corrected chi connectivity index (χ1v) is 11.6. The summed E-state index contributed by atoms with van der Waals surface area (Å²) in [5.41, 5.74) is 4.15.